The molecule has 1 heterocycles. The van der Waals surface area contributed by atoms with Crippen molar-refractivity contribution >= 4 is 18.0 Å². The Morgan fingerprint density at radius 3 is 2.31 bits per heavy atom. The van der Waals surface area contributed by atoms with Crippen LogP contribution in [0.1, 0.15) is 15.9 Å². The summed E-state index contributed by atoms with van der Waals surface area (Å²) in [7, 11) is 0. The molecule has 1 aromatic heterocycles. The van der Waals surface area contributed by atoms with E-state index < -0.39 is 0 Å². The molecule has 0 saturated carbocycles. The second kappa shape index (κ2) is 4.90. The number of benzene rings is 1. The van der Waals surface area contributed by atoms with E-state index in [9.17, 15) is 4.79 Å². The van der Waals surface area contributed by atoms with E-state index in [1.54, 1.807) is 0 Å². The van der Waals surface area contributed by atoms with Crippen molar-refractivity contribution in [3.8, 4) is 0 Å². The van der Waals surface area contributed by atoms with E-state index in [0.29, 0.717) is 10.7 Å². The minimum absolute atomic E-state index is 0.494. The lowest BCUT2D eigenvalue weighted by molar-refractivity contribution is 0.112. The van der Waals surface area contributed by atoms with Crippen molar-refractivity contribution in [2.75, 3.05) is 0 Å². The molecule has 2 aromatic rings. The van der Waals surface area contributed by atoms with Crippen LogP contribution in [0.3, 0.4) is 0 Å². The Morgan fingerprint density at radius 1 is 1.12 bits per heavy atom. The molecule has 0 atom stereocenters. The highest BCUT2D eigenvalue weighted by molar-refractivity contribution is 7.99. The van der Waals surface area contributed by atoms with Gasteiger partial charge in [0.25, 0.3) is 0 Å². The van der Waals surface area contributed by atoms with E-state index in [4.69, 9.17) is 0 Å². The van der Waals surface area contributed by atoms with Gasteiger partial charge < -0.3 is 0 Å². The molecule has 0 saturated heterocycles. The van der Waals surface area contributed by atoms with Gasteiger partial charge in [0.05, 0.1) is 5.56 Å². The molecule has 2 rings (SSSR count). The number of carbonyl (C=O) groups excluding carboxylic acids is 1. The van der Waals surface area contributed by atoms with Gasteiger partial charge >= 0.3 is 0 Å². The average Bonchev–Trinajstić information content (AvgIpc) is 2.33. The van der Waals surface area contributed by atoms with Crippen LogP contribution in [0.25, 0.3) is 0 Å². The molecular weight excluding hydrogens is 220 g/mol. The summed E-state index contributed by atoms with van der Waals surface area (Å²) >= 11 is 1.48. The van der Waals surface area contributed by atoms with Crippen LogP contribution in [0.4, 0.5) is 0 Å². The molecule has 16 heavy (non-hydrogen) atoms. The van der Waals surface area contributed by atoms with Crippen LogP contribution in [0, 0.1) is 6.92 Å². The van der Waals surface area contributed by atoms with E-state index in [1.165, 1.54) is 29.7 Å². The first kappa shape index (κ1) is 10.8. The van der Waals surface area contributed by atoms with Crippen LogP contribution in [0.5, 0.6) is 0 Å². The highest BCUT2D eigenvalue weighted by Crippen LogP contribution is 2.23. The van der Waals surface area contributed by atoms with Crippen LogP contribution in [0.2, 0.25) is 0 Å². The lowest BCUT2D eigenvalue weighted by atomic mass is 10.2. The fraction of sp³-hybridized carbons (Fsp3) is 0.0833. The highest BCUT2D eigenvalue weighted by atomic mass is 32.2. The molecule has 0 N–H and O–H groups in total. The lowest BCUT2D eigenvalue weighted by Crippen LogP contribution is -1.89. The van der Waals surface area contributed by atoms with Gasteiger partial charge in [-0.3, -0.25) is 4.79 Å². The van der Waals surface area contributed by atoms with E-state index in [2.05, 4.69) is 9.97 Å². The molecule has 0 aliphatic rings. The van der Waals surface area contributed by atoms with Crippen LogP contribution < -0.4 is 0 Å². The highest BCUT2D eigenvalue weighted by Gasteiger charge is 2.00. The molecule has 3 nitrogen and oxygen atoms in total. The molecule has 0 unspecified atom stereocenters. The van der Waals surface area contributed by atoms with Crippen LogP contribution in [-0.2, 0) is 0 Å². The Balaban J connectivity index is 2.14. The SMILES string of the molecule is Cc1ccc(Sc2ncc(C=O)cn2)cc1. The summed E-state index contributed by atoms with van der Waals surface area (Å²) in [6, 6.07) is 8.14. The summed E-state index contributed by atoms with van der Waals surface area (Å²) in [6.45, 7) is 2.05. The first-order chi connectivity index (χ1) is 7.78. The molecule has 0 fully saturated rings. The van der Waals surface area contributed by atoms with Gasteiger partial charge in [-0.2, -0.15) is 0 Å². The largest absolute Gasteiger partial charge is 0.298 e. The van der Waals surface area contributed by atoms with Crippen LogP contribution in [-0.4, -0.2) is 16.3 Å². The van der Waals surface area contributed by atoms with Crippen LogP contribution in [0.15, 0.2) is 46.7 Å². The predicted molar refractivity (Wildman–Crippen MR) is 62.7 cm³/mol. The second-order valence-corrected chi connectivity index (χ2v) is 4.37. The quantitative estimate of drug-likeness (QED) is 0.600. The Kier molecular flexibility index (Phi) is 3.31. The first-order valence-electron chi connectivity index (χ1n) is 4.79. The van der Waals surface area contributed by atoms with E-state index >= 15 is 0 Å². The van der Waals surface area contributed by atoms with Crippen molar-refractivity contribution in [3.05, 3.63) is 47.8 Å². The molecule has 0 aliphatic heterocycles. The molecule has 0 aliphatic carbocycles. The van der Waals surface area contributed by atoms with E-state index in [-0.39, 0.29) is 0 Å². The van der Waals surface area contributed by atoms with Crippen molar-refractivity contribution in [2.45, 2.75) is 17.0 Å². The molecule has 0 bridgehead atoms. The summed E-state index contributed by atoms with van der Waals surface area (Å²) in [5.74, 6) is 0. The maximum Gasteiger partial charge on any atom is 0.192 e. The number of hydrogen-bond acceptors (Lipinski definition) is 4. The Morgan fingerprint density at radius 2 is 1.75 bits per heavy atom. The van der Waals surface area contributed by atoms with Crippen molar-refractivity contribution in [2.24, 2.45) is 0 Å². The summed E-state index contributed by atoms with van der Waals surface area (Å²) < 4.78 is 0. The molecule has 4 heteroatoms. The molecule has 0 radical (unpaired) electrons. The standard InChI is InChI=1S/C12H10N2OS/c1-9-2-4-11(5-3-9)16-12-13-6-10(8-15)7-14-12/h2-8H,1H3. The fourth-order valence-electron chi connectivity index (χ4n) is 1.15. The van der Waals surface area contributed by atoms with Gasteiger partial charge in [0.1, 0.15) is 0 Å². The van der Waals surface area contributed by atoms with Crippen molar-refractivity contribution in [1.82, 2.24) is 9.97 Å². The number of aldehydes is 1. The zero-order valence-electron chi connectivity index (χ0n) is 8.75. The van der Waals surface area contributed by atoms with Crippen LogP contribution >= 0.6 is 11.8 Å². The zero-order valence-corrected chi connectivity index (χ0v) is 9.57. The van der Waals surface area contributed by atoms with E-state index in [0.717, 1.165) is 11.2 Å². The smallest absolute Gasteiger partial charge is 0.192 e. The Labute approximate surface area is 97.9 Å². The number of rotatable bonds is 3. The van der Waals surface area contributed by atoms with Gasteiger partial charge in [0.2, 0.25) is 0 Å². The third-order valence-corrected chi connectivity index (χ3v) is 2.92. The monoisotopic (exact) mass is 230 g/mol. The van der Waals surface area contributed by atoms with Crippen molar-refractivity contribution < 1.29 is 4.79 Å². The summed E-state index contributed by atoms with van der Waals surface area (Å²) in [5, 5.41) is 0.648. The number of hydrogen-bond donors (Lipinski definition) is 0. The fourth-order valence-corrected chi connectivity index (χ4v) is 1.85. The summed E-state index contributed by atoms with van der Waals surface area (Å²) in [6.07, 6.45) is 3.79. The third kappa shape index (κ3) is 2.67. The van der Waals surface area contributed by atoms with Gasteiger partial charge in [-0.15, -0.1) is 0 Å². The lowest BCUT2D eigenvalue weighted by Gasteiger charge is -2.00. The Bertz CT molecular complexity index is 479. The summed E-state index contributed by atoms with van der Waals surface area (Å²) in [4.78, 5) is 19.7. The molecule has 1 aromatic carbocycles. The number of carbonyl (C=O) groups is 1. The zero-order chi connectivity index (χ0) is 11.4. The molecule has 80 valence electrons. The maximum absolute atomic E-state index is 10.4. The first-order valence-corrected chi connectivity index (χ1v) is 5.61. The maximum atomic E-state index is 10.4. The number of nitrogens with zero attached hydrogens (tertiary/aromatic N) is 2. The van der Waals surface area contributed by atoms with Gasteiger partial charge in [0.15, 0.2) is 11.4 Å². The summed E-state index contributed by atoms with van der Waals surface area (Å²) in [5.41, 5.74) is 1.72. The Hall–Kier alpha value is -1.68. The minimum Gasteiger partial charge on any atom is -0.298 e. The van der Waals surface area contributed by atoms with Crippen molar-refractivity contribution in [1.29, 1.82) is 0 Å². The molecule has 0 spiro atoms. The second-order valence-electron chi connectivity index (χ2n) is 3.33. The van der Waals surface area contributed by atoms with E-state index in [1.807, 2.05) is 31.2 Å². The van der Waals surface area contributed by atoms with Gasteiger partial charge in [-0.25, -0.2) is 9.97 Å². The number of aromatic nitrogens is 2. The van der Waals surface area contributed by atoms with Gasteiger partial charge in [0, 0.05) is 17.3 Å². The molecule has 0 amide bonds. The normalized spacial score (nSPS) is 10.1. The predicted octanol–water partition coefficient (Wildman–Crippen LogP) is 2.75. The molecular formula is C12H10N2OS. The number of aryl methyl sites for hydroxylation is 1. The van der Waals surface area contributed by atoms with Crippen molar-refractivity contribution in [3.63, 3.8) is 0 Å². The average molecular weight is 230 g/mol. The third-order valence-electron chi connectivity index (χ3n) is 2.01. The van der Waals surface area contributed by atoms with Gasteiger partial charge in [-0.05, 0) is 30.8 Å². The van der Waals surface area contributed by atoms with Gasteiger partial charge in [-0.1, -0.05) is 17.7 Å². The minimum atomic E-state index is 0.494. The topological polar surface area (TPSA) is 42.9 Å².